The predicted molar refractivity (Wildman–Crippen MR) is 68.3 cm³/mol. The normalized spacial score (nSPS) is 13.2. The molecule has 0 fully saturated rings. The first-order chi connectivity index (χ1) is 7.81. The van der Waals surface area contributed by atoms with Gasteiger partial charge in [0, 0.05) is 18.0 Å². The van der Waals surface area contributed by atoms with Crippen molar-refractivity contribution in [3.05, 3.63) is 18.0 Å². The molecule has 0 aromatic carbocycles. The first kappa shape index (κ1) is 13.8. The topological polar surface area (TPSA) is 68.3 Å². The van der Waals surface area contributed by atoms with Crippen LogP contribution in [0.4, 0.5) is 5.69 Å². The number of sulfone groups is 1. The lowest BCUT2D eigenvalue weighted by atomic mass is 10.3. The first-order valence-corrected chi connectivity index (χ1v) is 7.33. The third kappa shape index (κ3) is 4.60. The molecule has 0 bridgehead atoms. The second-order valence-corrected chi connectivity index (χ2v) is 6.35. The highest BCUT2D eigenvalue weighted by molar-refractivity contribution is 7.90. The summed E-state index contributed by atoms with van der Waals surface area (Å²) in [6.07, 6.45) is 2.84. The highest BCUT2D eigenvalue weighted by Crippen LogP contribution is 2.24. The van der Waals surface area contributed by atoms with Gasteiger partial charge in [0.25, 0.3) is 0 Å². The summed E-state index contributed by atoms with van der Waals surface area (Å²) in [5, 5.41) is 3.11. The minimum absolute atomic E-state index is 0.0809. The highest BCUT2D eigenvalue weighted by atomic mass is 32.2. The Balaban J connectivity index is 2.83. The smallest absolute Gasteiger partial charge is 0.160 e. The van der Waals surface area contributed by atoms with Gasteiger partial charge >= 0.3 is 0 Å². The van der Waals surface area contributed by atoms with E-state index in [1.807, 2.05) is 19.9 Å². The Kier molecular flexibility index (Phi) is 4.34. The van der Waals surface area contributed by atoms with Crippen LogP contribution in [-0.4, -0.2) is 38.6 Å². The number of rotatable bonds is 5. The first-order valence-electron chi connectivity index (χ1n) is 5.26. The Morgan fingerprint density at radius 2 is 2.18 bits per heavy atom. The van der Waals surface area contributed by atoms with E-state index in [1.165, 1.54) is 6.26 Å². The maximum Gasteiger partial charge on any atom is 0.160 e. The Bertz CT molecular complexity index is 485. The largest absolute Gasteiger partial charge is 0.493 e. The molecule has 96 valence electrons. The molecule has 1 heterocycles. The summed E-state index contributed by atoms with van der Waals surface area (Å²) in [4.78, 5) is 4.11. The number of hydrogen-bond acceptors (Lipinski definition) is 5. The molecule has 0 aliphatic rings. The minimum atomic E-state index is -2.99. The van der Waals surface area contributed by atoms with E-state index in [-0.39, 0.29) is 11.8 Å². The number of nitrogens with zero attached hydrogens (tertiary/aromatic N) is 1. The van der Waals surface area contributed by atoms with Crippen molar-refractivity contribution in [3.63, 3.8) is 0 Å². The van der Waals surface area contributed by atoms with Crippen LogP contribution in [0, 0.1) is 6.92 Å². The number of methoxy groups -OCH3 is 1. The van der Waals surface area contributed by atoms with Crippen LogP contribution in [-0.2, 0) is 9.84 Å². The number of anilines is 1. The van der Waals surface area contributed by atoms with Gasteiger partial charge in [-0.3, -0.25) is 4.98 Å². The van der Waals surface area contributed by atoms with Gasteiger partial charge in [0.15, 0.2) is 5.75 Å². The van der Waals surface area contributed by atoms with Crippen LogP contribution >= 0.6 is 0 Å². The van der Waals surface area contributed by atoms with E-state index in [1.54, 1.807) is 13.3 Å². The van der Waals surface area contributed by atoms with Gasteiger partial charge in [0.1, 0.15) is 9.84 Å². The van der Waals surface area contributed by atoms with E-state index < -0.39 is 9.84 Å². The lowest BCUT2D eigenvalue weighted by molar-refractivity contribution is 0.414. The van der Waals surface area contributed by atoms with Crippen LogP contribution in [0.1, 0.15) is 12.6 Å². The number of hydrogen-bond donors (Lipinski definition) is 1. The van der Waals surface area contributed by atoms with Gasteiger partial charge in [-0.1, -0.05) is 0 Å². The van der Waals surface area contributed by atoms with Crippen molar-refractivity contribution in [1.29, 1.82) is 0 Å². The molecule has 1 atom stereocenters. The van der Waals surface area contributed by atoms with Crippen LogP contribution in [0.25, 0.3) is 0 Å². The van der Waals surface area contributed by atoms with Crippen LogP contribution in [0.15, 0.2) is 12.3 Å². The molecule has 0 aliphatic carbocycles. The molecule has 1 rings (SSSR count). The van der Waals surface area contributed by atoms with Crippen molar-refractivity contribution in [3.8, 4) is 5.75 Å². The average Bonchev–Trinajstić information content (AvgIpc) is 2.14. The molecule has 1 aromatic rings. The molecule has 17 heavy (non-hydrogen) atoms. The zero-order chi connectivity index (χ0) is 13.1. The predicted octanol–water partition coefficient (Wildman–Crippen LogP) is 1.24. The Morgan fingerprint density at radius 3 is 2.71 bits per heavy atom. The fraction of sp³-hybridized carbons (Fsp3) is 0.545. The van der Waals surface area contributed by atoms with Gasteiger partial charge < -0.3 is 10.1 Å². The molecule has 1 N–H and O–H groups in total. The van der Waals surface area contributed by atoms with Crippen molar-refractivity contribution >= 4 is 15.5 Å². The van der Waals surface area contributed by atoms with Crippen molar-refractivity contribution in [1.82, 2.24) is 4.98 Å². The van der Waals surface area contributed by atoms with Crippen LogP contribution in [0.5, 0.6) is 5.75 Å². The van der Waals surface area contributed by atoms with Crippen molar-refractivity contribution in [2.75, 3.05) is 24.4 Å². The number of pyridine rings is 1. The van der Waals surface area contributed by atoms with Gasteiger partial charge in [0.2, 0.25) is 0 Å². The van der Waals surface area contributed by atoms with Gasteiger partial charge in [0.05, 0.1) is 24.7 Å². The molecule has 0 saturated carbocycles. The molecule has 0 spiro atoms. The van der Waals surface area contributed by atoms with Gasteiger partial charge in [-0.25, -0.2) is 8.42 Å². The second-order valence-electron chi connectivity index (χ2n) is 4.16. The summed E-state index contributed by atoms with van der Waals surface area (Å²) in [7, 11) is -1.44. The highest BCUT2D eigenvalue weighted by Gasteiger charge is 2.12. The molecule has 0 radical (unpaired) electrons. The van der Waals surface area contributed by atoms with Crippen molar-refractivity contribution in [2.45, 2.75) is 19.9 Å². The van der Waals surface area contributed by atoms with Crippen LogP contribution in [0.3, 0.4) is 0 Å². The third-order valence-electron chi connectivity index (χ3n) is 2.18. The molecule has 6 heteroatoms. The van der Waals surface area contributed by atoms with E-state index in [2.05, 4.69) is 10.3 Å². The Hall–Kier alpha value is -1.30. The SMILES string of the molecule is COc1cnc(C)cc1NC(C)CS(C)(=O)=O. The number of ether oxygens (including phenoxy) is 1. The summed E-state index contributed by atoms with van der Waals surface area (Å²) in [5.74, 6) is 0.688. The summed E-state index contributed by atoms with van der Waals surface area (Å²) in [5.41, 5.74) is 1.61. The number of aromatic nitrogens is 1. The molecular formula is C11H18N2O3S. The molecule has 0 amide bonds. The molecular weight excluding hydrogens is 240 g/mol. The van der Waals surface area contributed by atoms with Crippen LogP contribution < -0.4 is 10.1 Å². The third-order valence-corrected chi connectivity index (χ3v) is 3.28. The van der Waals surface area contributed by atoms with E-state index in [0.717, 1.165) is 11.4 Å². The van der Waals surface area contributed by atoms with E-state index in [9.17, 15) is 8.42 Å². The lowest BCUT2D eigenvalue weighted by Crippen LogP contribution is -2.25. The monoisotopic (exact) mass is 258 g/mol. The lowest BCUT2D eigenvalue weighted by Gasteiger charge is -2.16. The fourth-order valence-corrected chi connectivity index (χ4v) is 2.58. The molecule has 5 nitrogen and oxygen atoms in total. The second kappa shape index (κ2) is 5.35. The van der Waals surface area contributed by atoms with Gasteiger partial charge in [-0.05, 0) is 19.9 Å². The summed E-state index contributed by atoms with van der Waals surface area (Å²) in [6.45, 7) is 3.68. The average molecular weight is 258 g/mol. The zero-order valence-electron chi connectivity index (χ0n) is 10.5. The van der Waals surface area contributed by atoms with Crippen molar-refractivity contribution < 1.29 is 13.2 Å². The molecule has 0 aliphatic heterocycles. The minimum Gasteiger partial charge on any atom is -0.493 e. The molecule has 1 unspecified atom stereocenters. The van der Waals surface area contributed by atoms with E-state index in [0.29, 0.717) is 5.75 Å². The number of nitrogens with one attached hydrogen (secondary N) is 1. The van der Waals surface area contributed by atoms with Gasteiger partial charge in [-0.2, -0.15) is 0 Å². The zero-order valence-corrected chi connectivity index (χ0v) is 11.3. The maximum atomic E-state index is 11.2. The summed E-state index contributed by atoms with van der Waals surface area (Å²) < 4.78 is 27.5. The quantitative estimate of drug-likeness (QED) is 0.860. The van der Waals surface area contributed by atoms with Crippen LogP contribution in [0.2, 0.25) is 0 Å². The molecule has 1 aromatic heterocycles. The van der Waals surface area contributed by atoms with Crippen molar-refractivity contribution in [2.24, 2.45) is 0 Å². The Morgan fingerprint density at radius 1 is 1.53 bits per heavy atom. The fourth-order valence-electron chi connectivity index (χ4n) is 1.58. The van der Waals surface area contributed by atoms with E-state index in [4.69, 9.17) is 4.74 Å². The summed E-state index contributed by atoms with van der Waals surface area (Å²) >= 11 is 0. The van der Waals surface area contributed by atoms with E-state index >= 15 is 0 Å². The molecule has 0 saturated heterocycles. The Labute approximate surface area is 102 Å². The maximum absolute atomic E-state index is 11.2. The summed E-state index contributed by atoms with van der Waals surface area (Å²) in [6, 6.07) is 1.65. The number of aryl methyl sites for hydroxylation is 1. The standard InChI is InChI=1S/C11H18N2O3S/c1-8-5-10(11(16-3)6-12-8)13-9(2)7-17(4,14)15/h5-6,9H,7H2,1-4H3,(H,12,13). The van der Waals surface area contributed by atoms with Gasteiger partial charge in [-0.15, -0.1) is 0 Å².